The van der Waals surface area contributed by atoms with E-state index in [-0.39, 0.29) is 0 Å². The zero-order valence-corrected chi connectivity index (χ0v) is 8.18. The maximum Gasteiger partial charge on any atom is 0.327 e. The molecule has 0 saturated carbocycles. The maximum absolute atomic E-state index is 11.1. The molecule has 0 amide bonds. The smallest absolute Gasteiger partial charge is 0.327 e. The van der Waals surface area contributed by atoms with Gasteiger partial charge in [-0.1, -0.05) is 30.3 Å². The van der Waals surface area contributed by atoms with Crippen molar-refractivity contribution in [2.45, 2.75) is 18.1 Å². The lowest BCUT2D eigenvalue weighted by atomic mass is 9.79. The van der Waals surface area contributed by atoms with Gasteiger partial charge in [0, 0.05) is 0 Å². The lowest BCUT2D eigenvalue weighted by molar-refractivity contribution is -0.155. The monoisotopic (exact) mass is 207 g/mol. The normalized spacial score (nSPS) is 26.7. The molecule has 2 atom stereocenters. The first kappa shape index (κ1) is 10.1. The Balaban J connectivity index is 2.27. The van der Waals surface area contributed by atoms with Gasteiger partial charge in [0.2, 0.25) is 0 Å². The van der Waals surface area contributed by atoms with E-state index in [1.165, 1.54) is 0 Å². The maximum atomic E-state index is 11.1. The first-order chi connectivity index (χ1) is 7.17. The lowest BCUT2D eigenvalue weighted by Gasteiger charge is -2.42. The molecule has 0 aliphatic carbocycles. The lowest BCUT2D eigenvalue weighted by Crippen LogP contribution is -2.65. The highest BCUT2D eigenvalue weighted by Gasteiger charge is 2.50. The van der Waals surface area contributed by atoms with Crippen molar-refractivity contribution >= 4 is 5.97 Å². The second-order valence-electron chi connectivity index (χ2n) is 3.77. The minimum absolute atomic E-state index is 0.457. The molecule has 3 N–H and O–H groups in total. The molecule has 1 fully saturated rings. The molecule has 80 valence electrons. The Morgan fingerprint density at radius 3 is 2.40 bits per heavy atom. The molecule has 1 saturated heterocycles. The number of hydrogen-bond acceptors (Lipinski definition) is 3. The quantitative estimate of drug-likeness (QED) is 0.676. The van der Waals surface area contributed by atoms with Gasteiger partial charge in [0.15, 0.2) is 0 Å². The van der Waals surface area contributed by atoms with Gasteiger partial charge in [-0.25, -0.2) is 0 Å². The van der Waals surface area contributed by atoms with Gasteiger partial charge in [0.25, 0.3) is 0 Å². The minimum atomic E-state index is -1.19. The molecule has 2 unspecified atom stereocenters. The number of benzene rings is 1. The van der Waals surface area contributed by atoms with Crippen LogP contribution in [0.5, 0.6) is 0 Å². The fourth-order valence-electron chi connectivity index (χ4n) is 1.85. The van der Waals surface area contributed by atoms with Crippen LogP contribution in [0.3, 0.4) is 0 Å². The number of aliphatic hydroxyl groups is 1. The van der Waals surface area contributed by atoms with Crippen molar-refractivity contribution in [2.75, 3.05) is 6.54 Å². The van der Waals surface area contributed by atoms with Gasteiger partial charge in [-0.15, -0.1) is 0 Å². The standard InChI is InChI=1S/C11H13NO3/c13-9(8-4-2-1-3-5-8)11(10(14)15)6-7-12-11/h1-5,9,12-13H,6-7H2,(H,14,15). The SMILES string of the molecule is O=C(O)C1(C(O)c2ccccc2)CCN1. The zero-order chi connectivity index (χ0) is 10.9. The molecule has 1 heterocycles. The molecule has 0 bridgehead atoms. The first-order valence-corrected chi connectivity index (χ1v) is 4.88. The van der Waals surface area contributed by atoms with Crippen LogP contribution in [-0.4, -0.2) is 28.3 Å². The Morgan fingerprint density at radius 2 is 2.00 bits per heavy atom. The highest BCUT2D eigenvalue weighted by Crippen LogP contribution is 2.33. The van der Waals surface area contributed by atoms with Crippen LogP contribution in [0.1, 0.15) is 18.1 Å². The molecule has 1 aliphatic rings. The number of hydrogen-bond donors (Lipinski definition) is 3. The summed E-state index contributed by atoms with van der Waals surface area (Å²) >= 11 is 0. The molecule has 1 aromatic rings. The fraction of sp³-hybridized carbons (Fsp3) is 0.364. The van der Waals surface area contributed by atoms with Crippen molar-refractivity contribution in [1.82, 2.24) is 5.32 Å². The van der Waals surface area contributed by atoms with Crippen LogP contribution in [0.15, 0.2) is 30.3 Å². The van der Waals surface area contributed by atoms with E-state index in [1.54, 1.807) is 24.3 Å². The molecular weight excluding hydrogens is 194 g/mol. The Bertz CT molecular complexity index is 359. The van der Waals surface area contributed by atoms with Gasteiger partial charge in [-0.3, -0.25) is 10.1 Å². The summed E-state index contributed by atoms with van der Waals surface area (Å²) in [4.78, 5) is 11.1. The van der Waals surface area contributed by atoms with Gasteiger partial charge in [-0.2, -0.15) is 0 Å². The third kappa shape index (κ3) is 1.52. The topological polar surface area (TPSA) is 69.6 Å². The van der Waals surface area contributed by atoms with E-state index in [0.29, 0.717) is 18.5 Å². The molecule has 15 heavy (non-hydrogen) atoms. The Morgan fingerprint density at radius 1 is 1.40 bits per heavy atom. The molecule has 0 spiro atoms. The largest absolute Gasteiger partial charge is 0.480 e. The highest BCUT2D eigenvalue weighted by molar-refractivity contribution is 5.81. The summed E-state index contributed by atoms with van der Waals surface area (Å²) in [5, 5.41) is 21.9. The van der Waals surface area contributed by atoms with Gasteiger partial charge < -0.3 is 10.2 Å². The third-order valence-corrected chi connectivity index (χ3v) is 2.92. The van der Waals surface area contributed by atoms with Crippen LogP contribution in [0.25, 0.3) is 0 Å². The number of carbonyl (C=O) groups is 1. The van der Waals surface area contributed by atoms with Crippen molar-refractivity contribution < 1.29 is 15.0 Å². The average Bonchev–Trinajstić information content (AvgIpc) is 2.16. The minimum Gasteiger partial charge on any atom is -0.480 e. The Kier molecular flexibility index (Phi) is 2.46. The molecule has 4 heteroatoms. The van der Waals surface area contributed by atoms with E-state index in [4.69, 9.17) is 5.11 Å². The summed E-state index contributed by atoms with van der Waals surface area (Å²) in [6.45, 7) is 0.635. The van der Waals surface area contributed by atoms with E-state index in [2.05, 4.69) is 5.32 Å². The first-order valence-electron chi connectivity index (χ1n) is 4.88. The summed E-state index contributed by atoms with van der Waals surface area (Å²) in [5.74, 6) is -0.995. The predicted octanol–water partition coefficient (Wildman–Crippen LogP) is 0.537. The zero-order valence-electron chi connectivity index (χ0n) is 8.18. The van der Waals surface area contributed by atoms with Crippen molar-refractivity contribution in [1.29, 1.82) is 0 Å². The number of carboxylic acid groups (broad SMARTS) is 1. The van der Waals surface area contributed by atoms with Crippen LogP contribution < -0.4 is 5.32 Å². The van der Waals surface area contributed by atoms with Crippen molar-refractivity contribution in [2.24, 2.45) is 0 Å². The van der Waals surface area contributed by atoms with Crippen LogP contribution in [0.4, 0.5) is 0 Å². The Labute approximate surface area is 87.6 Å². The van der Waals surface area contributed by atoms with E-state index in [1.807, 2.05) is 6.07 Å². The fourth-order valence-corrected chi connectivity index (χ4v) is 1.85. The molecule has 4 nitrogen and oxygen atoms in total. The molecule has 1 aliphatic heterocycles. The number of nitrogens with one attached hydrogen (secondary N) is 1. The van der Waals surface area contributed by atoms with Crippen molar-refractivity contribution in [3.8, 4) is 0 Å². The van der Waals surface area contributed by atoms with Gasteiger partial charge in [0.05, 0.1) is 0 Å². The molecule has 0 aromatic heterocycles. The van der Waals surface area contributed by atoms with Crippen LogP contribution >= 0.6 is 0 Å². The molecule has 0 radical (unpaired) electrons. The van der Waals surface area contributed by atoms with Crippen LogP contribution in [0.2, 0.25) is 0 Å². The summed E-state index contributed by atoms with van der Waals surface area (Å²) in [6.07, 6.45) is -0.539. The number of carboxylic acids is 1. The van der Waals surface area contributed by atoms with Gasteiger partial charge >= 0.3 is 5.97 Å². The predicted molar refractivity (Wildman–Crippen MR) is 54.4 cm³/mol. The van der Waals surface area contributed by atoms with E-state index < -0.39 is 17.6 Å². The van der Waals surface area contributed by atoms with Crippen LogP contribution in [0, 0.1) is 0 Å². The van der Waals surface area contributed by atoms with Crippen molar-refractivity contribution in [3.63, 3.8) is 0 Å². The van der Waals surface area contributed by atoms with Crippen LogP contribution in [-0.2, 0) is 4.79 Å². The van der Waals surface area contributed by atoms with E-state index in [0.717, 1.165) is 0 Å². The van der Waals surface area contributed by atoms with E-state index >= 15 is 0 Å². The summed E-state index contributed by atoms with van der Waals surface area (Å²) in [5.41, 5.74) is -0.562. The summed E-state index contributed by atoms with van der Waals surface area (Å²) in [6, 6.07) is 8.86. The van der Waals surface area contributed by atoms with E-state index in [9.17, 15) is 9.90 Å². The molecular formula is C11H13NO3. The highest BCUT2D eigenvalue weighted by atomic mass is 16.4. The second-order valence-corrected chi connectivity index (χ2v) is 3.77. The summed E-state index contributed by atoms with van der Waals surface area (Å²) in [7, 11) is 0. The number of aliphatic carboxylic acids is 1. The third-order valence-electron chi connectivity index (χ3n) is 2.92. The molecule has 2 rings (SSSR count). The van der Waals surface area contributed by atoms with Crippen molar-refractivity contribution in [3.05, 3.63) is 35.9 Å². The second kappa shape index (κ2) is 3.64. The number of aliphatic hydroxyl groups excluding tert-OH is 1. The average molecular weight is 207 g/mol. The number of rotatable bonds is 3. The molecule has 1 aromatic carbocycles. The van der Waals surface area contributed by atoms with Gasteiger partial charge in [0.1, 0.15) is 11.6 Å². The summed E-state index contributed by atoms with van der Waals surface area (Å²) < 4.78 is 0. The van der Waals surface area contributed by atoms with Gasteiger partial charge in [-0.05, 0) is 18.5 Å². The Hall–Kier alpha value is -1.39.